The number of carbonyl (C=O) groups excluding carboxylic acids is 1. The molecule has 0 saturated heterocycles. The first-order chi connectivity index (χ1) is 9.56. The molecule has 0 radical (unpaired) electrons. The van der Waals surface area contributed by atoms with Gasteiger partial charge in [-0.15, -0.1) is 0 Å². The summed E-state index contributed by atoms with van der Waals surface area (Å²) in [6.07, 6.45) is 4.69. The topological polar surface area (TPSA) is 66.4 Å². The third-order valence-corrected chi connectivity index (χ3v) is 4.63. The number of allylic oxidation sites excluding steroid dienone is 2. The number of aliphatic carboxylic acids is 1. The Bertz CT molecular complexity index is 599. The fraction of sp³-hybridized carbons (Fsp3) is 0.333. The molecule has 4 unspecified atom stereocenters. The molecular formula is C15H14BrNO3. The van der Waals surface area contributed by atoms with Gasteiger partial charge in [0.15, 0.2) is 0 Å². The van der Waals surface area contributed by atoms with Crippen LogP contribution < -0.4 is 5.32 Å². The first-order valence-corrected chi connectivity index (χ1v) is 7.33. The summed E-state index contributed by atoms with van der Waals surface area (Å²) in [7, 11) is 0. The van der Waals surface area contributed by atoms with Gasteiger partial charge >= 0.3 is 5.97 Å². The van der Waals surface area contributed by atoms with Crippen LogP contribution in [-0.4, -0.2) is 17.0 Å². The normalized spacial score (nSPS) is 30.4. The fourth-order valence-electron chi connectivity index (χ4n) is 3.31. The molecule has 1 saturated carbocycles. The summed E-state index contributed by atoms with van der Waals surface area (Å²) in [5.41, 5.74) is 0.681. The zero-order valence-corrected chi connectivity index (χ0v) is 12.2. The quantitative estimate of drug-likeness (QED) is 0.834. The van der Waals surface area contributed by atoms with Crippen LogP contribution in [0.15, 0.2) is 40.9 Å². The maximum atomic E-state index is 12.4. The Morgan fingerprint density at radius 2 is 1.90 bits per heavy atom. The number of halogens is 1. The summed E-state index contributed by atoms with van der Waals surface area (Å²) in [5, 5.41) is 12.2. The summed E-state index contributed by atoms with van der Waals surface area (Å²) in [6.45, 7) is 0. The molecule has 2 N–H and O–H groups in total. The second-order valence-corrected chi connectivity index (χ2v) is 6.25. The predicted molar refractivity (Wildman–Crippen MR) is 78.1 cm³/mol. The number of carboxylic acids is 1. The van der Waals surface area contributed by atoms with E-state index in [0.29, 0.717) is 5.69 Å². The number of amides is 1. The largest absolute Gasteiger partial charge is 0.481 e. The van der Waals surface area contributed by atoms with Crippen molar-refractivity contribution in [1.82, 2.24) is 0 Å². The van der Waals surface area contributed by atoms with Gasteiger partial charge < -0.3 is 10.4 Å². The highest BCUT2D eigenvalue weighted by Gasteiger charge is 2.51. The van der Waals surface area contributed by atoms with E-state index in [1.165, 1.54) is 0 Å². The molecular weight excluding hydrogens is 322 g/mol. The minimum absolute atomic E-state index is 0.00393. The average molecular weight is 336 g/mol. The van der Waals surface area contributed by atoms with Gasteiger partial charge in [0.2, 0.25) is 5.91 Å². The molecule has 0 heterocycles. The van der Waals surface area contributed by atoms with Gasteiger partial charge in [-0.1, -0.05) is 34.1 Å². The summed E-state index contributed by atoms with van der Waals surface area (Å²) in [4.78, 5) is 23.8. The molecule has 2 aliphatic carbocycles. The number of fused-ring (bicyclic) bond motifs is 2. The van der Waals surface area contributed by atoms with Crippen LogP contribution in [0.5, 0.6) is 0 Å². The van der Waals surface area contributed by atoms with Crippen LogP contribution in [0.4, 0.5) is 5.69 Å². The lowest BCUT2D eigenvalue weighted by molar-refractivity contribution is -0.146. The number of hydrogen-bond acceptors (Lipinski definition) is 2. The molecule has 0 aliphatic heterocycles. The van der Waals surface area contributed by atoms with Crippen LogP contribution >= 0.6 is 15.9 Å². The van der Waals surface area contributed by atoms with E-state index < -0.39 is 17.8 Å². The van der Waals surface area contributed by atoms with Gasteiger partial charge in [-0.05, 0) is 36.5 Å². The second kappa shape index (κ2) is 5.05. The van der Waals surface area contributed by atoms with Crippen LogP contribution in [0.25, 0.3) is 0 Å². The van der Waals surface area contributed by atoms with Crippen molar-refractivity contribution in [3.05, 3.63) is 40.9 Å². The summed E-state index contributed by atoms with van der Waals surface area (Å²) in [6, 6.07) is 7.29. The molecule has 1 aromatic rings. The SMILES string of the molecule is O=C(O)C1C2C=CC(C2)C1C(=O)Nc1cccc(Br)c1. The smallest absolute Gasteiger partial charge is 0.307 e. The van der Waals surface area contributed by atoms with Crippen LogP contribution in [0.2, 0.25) is 0 Å². The van der Waals surface area contributed by atoms with Crippen molar-refractivity contribution in [1.29, 1.82) is 0 Å². The molecule has 1 fully saturated rings. The molecule has 2 bridgehead atoms. The first kappa shape index (κ1) is 13.4. The van der Waals surface area contributed by atoms with Crippen molar-refractivity contribution in [2.75, 3.05) is 5.32 Å². The van der Waals surface area contributed by atoms with Crippen molar-refractivity contribution in [2.24, 2.45) is 23.7 Å². The molecule has 3 rings (SSSR count). The van der Waals surface area contributed by atoms with E-state index in [1.54, 1.807) is 12.1 Å². The lowest BCUT2D eigenvalue weighted by atomic mass is 9.82. The van der Waals surface area contributed by atoms with Crippen LogP contribution in [0.1, 0.15) is 6.42 Å². The van der Waals surface area contributed by atoms with Crippen molar-refractivity contribution in [3.8, 4) is 0 Å². The highest BCUT2D eigenvalue weighted by molar-refractivity contribution is 9.10. The maximum Gasteiger partial charge on any atom is 0.307 e. The van der Waals surface area contributed by atoms with E-state index >= 15 is 0 Å². The van der Waals surface area contributed by atoms with Gasteiger partial charge in [-0.2, -0.15) is 0 Å². The lowest BCUT2D eigenvalue weighted by Gasteiger charge is -2.23. The highest BCUT2D eigenvalue weighted by Crippen LogP contribution is 2.48. The zero-order valence-electron chi connectivity index (χ0n) is 10.6. The minimum atomic E-state index is -0.878. The molecule has 4 nitrogen and oxygen atoms in total. The monoisotopic (exact) mass is 335 g/mol. The highest BCUT2D eigenvalue weighted by atomic mass is 79.9. The van der Waals surface area contributed by atoms with Crippen molar-refractivity contribution in [3.63, 3.8) is 0 Å². The lowest BCUT2D eigenvalue weighted by Crippen LogP contribution is -2.36. The van der Waals surface area contributed by atoms with Gasteiger partial charge in [-0.3, -0.25) is 9.59 Å². The fourth-order valence-corrected chi connectivity index (χ4v) is 3.71. The molecule has 2 aliphatic rings. The Kier molecular flexibility index (Phi) is 3.38. The number of benzene rings is 1. The molecule has 20 heavy (non-hydrogen) atoms. The van der Waals surface area contributed by atoms with E-state index in [4.69, 9.17) is 0 Å². The van der Waals surface area contributed by atoms with Gasteiger partial charge in [0.05, 0.1) is 11.8 Å². The Hall–Kier alpha value is -1.62. The Balaban J connectivity index is 1.80. The van der Waals surface area contributed by atoms with Crippen molar-refractivity contribution >= 4 is 33.5 Å². The van der Waals surface area contributed by atoms with E-state index in [0.717, 1.165) is 10.9 Å². The summed E-state index contributed by atoms with van der Waals surface area (Å²) < 4.78 is 0.873. The summed E-state index contributed by atoms with van der Waals surface area (Å²) >= 11 is 3.35. The second-order valence-electron chi connectivity index (χ2n) is 5.34. The molecule has 0 spiro atoms. The third kappa shape index (κ3) is 2.26. The van der Waals surface area contributed by atoms with E-state index in [9.17, 15) is 14.7 Å². The first-order valence-electron chi connectivity index (χ1n) is 6.54. The maximum absolute atomic E-state index is 12.4. The third-order valence-electron chi connectivity index (χ3n) is 4.14. The van der Waals surface area contributed by atoms with Crippen molar-refractivity contribution < 1.29 is 14.7 Å². The van der Waals surface area contributed by atoms with Gasteiger partial charge in [0.25, 0.3) is 0 Å². The number of rotatable bonds is 3. The minimum Gasteiger partial charge on any atom is -0.481 e. The number of nitrogens with one attached hydrogen (secondary N) is 1. The molecule has 4 atom stereocenters. The average Bonchev–Trinajstić information content (AvgIpc) is 2.98. The molecule has 1 aromatic carbocycles. The number of carboxylic acid groups (broad SMARTS) is 1. The Labute approximate surface area is 125 Å². The molecule has 1 amide bonds. The van der Waals surface area contributed by atoms with E-state index in [1.807, 2.05) is 24.3 Å². The van der Waals surface area contributed by atoms with Crippen LogP contribution in [-0.2, 0) is 9.59 Å². The predicted octanol–water partition coefficient (Wildman–Crippen LogP) is 2.91. The van der Waals surface area contributed by atoms with Crippen molar-refractivity contribution in [2.45, 2.75) is 6.42 Å². The van der Waals surface area contributed by atoms with Crippen LogP contribution in [0.3, 0.4) is 0 Å². The van der Waals surface area contributed by atoms with E-state index in [2.05, 4.69) is 21.2 Å². The van der Waals surface area contributed by atoms with Gasteiger partial charge in [0.1, 0.15) is 0 Å². The molecule has 5 heteroatoms. The van der Waals surface area contributed by atoms with Crippen LogP contribution in [0, 0.1) is 23.7 Å². The standard InChI is InChI=1S/C15H14BrNO3/c16-10-2-1-3-11(7-10)17-14(18)12-8-4-5-9(6-8)13(12)15(19)20/h1-5,7-9,12-13H,6H2,(H,17,18)(H,19,20). The summed E-state index contributed by atoms with van der Waals surface area (Å²) in [5.74, 6) is -2.11. The number of hydrogen-bond donors (Lipinski definition) is 2. The zero-order chi connectivity index (χ0) is 14.3. The number of carbonyl (C=O) groups is 2. The number of anilines is 1. The Morgan fingerprint density at radius 3 is 2.55 bits per heavy atom. The Morgan fingerprint density at radius 1 is 1.20 bits per heavy atom. The van der Waals surface area contributed by atoms with Gasteiger partial charge in [-0.25, -0.2) is 0 Å². The molecule has 0 aromatic heterocycles. The van der Waals surface area contributed by atoms with E-state index in [-0.39, 0.29) is 17.7 Å². The van der Waals surface area contributed by atoms with Gasteiger partial charge in [0, 0.05) is 10.2 Å². The molecule has 104 valence electrons.